The second-order valence-corrected chi connectivity index (χ2v) is 8.20. The molecule has 6 atom stereocenters. The number of methoxy groups -OCH3 is 1. The van der Waals surface area contributed by atoms with Gasteiger partial charge >= 0.3 is 0 Å². The minimum absolute atomic E-state index is 0.00120. The van der Waals surface area contributed by atoms with E-state index in [0.717, 1.165) is 18.4 Å². The normalized spacial score (nSPS) is 31.3. The SMILES string of the molecule is CO[C@@H]1O[C@H]([C@@H]2CC[C@H](COCc3ccccc3)O2)[C@H](OCc2ccccc2)[C@@H]1C. The van der Waals surface area contributed by atoms with Crippen molar-refractivity contribution in [3.63, 3.8) is 0 Å². The summed E-state index contributed by atoms with van der Waals surface area (Å²) in [6.07, 6.45) is 1.53. The molecular weight excluding hydrogens is 380 g/mol. The van der Waals surface area contributed by atoms with Gasteiger partial charge in [-0.3, -0.25) is 0 Å². The lowest BCUT2D eigenvalue weighted by molar-refractivity contribution is -0.163. The Balaban J connectivity index is 1.30. The predicted molar refractivity (Wildman–Crippen MR) is 114 cm³/mol. The molecule has 4 rings (SSSR count). The fourth-order valence-electron chi connectivity index (χ4n) is 4.37. The zero-order valence-electron chi connectivity index (χ0n) is 17.8. The smallest absolute Gasteiger partial charge is 0.162 e. The molecule has 0 aliphatic carbocycles. The van der Waals surface area contributed by atoms with Gasteiger partial charge in [-0.05, 0) is 24.0 Å². The molecule has 5 nitrogen and oxygen atoms in total. The van der Waals surface area contributed by atoms with Gasteiger partial charge in [0.1, 0.15) is 6.10 Å². The van der Waals surface area contributed by atoms with Crippen LogP contribution in [-0.4, -0.2) is 44.4 Å². The van der Waals surface area contributed by atoms with Crippen LogP contribution in [0.3, 0.4) is 0 Å². The summed E-state index contributed by atoms with van der Waals surface area (Å²) in [5, 5.41) is 0. The van der Waals surface area contributed by atoms with Crippen molar-refractivity contribution >= 4 is 0 Å². The van der Waals surface area contributed by atoms with Crippen molar-refractivity contribution in [1.82, 2.24) is 0 Å². The summed E-state index contributed by atoms with van der Waals surface area (Å²) in [6.45, 7) is 3.88. The molecule has 5 heteroatoms. The first kappa shape index (κ1) is 21.5. The zero-order chi connectivity index (χ0) is 20.8. The van der Waals surface area contributed by atoms with Crippen LogP contribution in [0.2, 0.25) is 0 Å². The van der Waals surface area contributed by atoms with Gasteiger partial charge in [-0.15, -0.1) is 0 Å². The number of ether oxygens (including phenoxy) is 5. The van der Waals surface area contributed by atoms with Crippen LogP contribution in [0.1, 0.15) is 30.9 Å². The number of rotatable bonds is 9. The van der Waals surface area contributed by atoms with E-state index in [2.05, 4.69) is 31.2 Å². The first-order valence-electron chi connectivity index (χ1n) is 10.9. The highest BCUT2D eigenvalue weighted by Crippen LogP contribution is 2.37. The number of benzene rings is 2. The minimum atomic E-state index is -0.271. The molecule has 2 aliphatic heterocycles. The third kappa shape index (κ3) is 5.29. The van der Waals surface area contributed by atoms with Crippen LogP contribution >= 0.6 is 0 Å². The minimum Gasteiger partial charge on any atom is -0.374 e. The summed E-state index contributed by atoms with van der Waals surface area (Å²) in [5.41, 5.74) is 2.33. The van der Waals surface area contributed by atoms with Crippen LogP contribution in [0, 0.1) is 5.92 Å². The predicted octanol–water partition coefficient (Wildman–Crippen LogP) is 4.34. The van der Waals surface area contributed by atoms with E-state index in [4.69, 9.17) is 23.7 Å². The second kappa shape index (κ2) is 10.5. The van der Waals surface area contributed by atoms with Gasteiger partial charge in [-0.1, -0.05) is 67.6 Å². The van der Waals surface area contributed by atoms with Crippen molar-refractivity contribution in [2.24, 2.45) is 5.92 Å². The maximum atomic E-state index is 6.32. The van der Waals surface area contributed by atoms with Gasteiger partial charge in [0.05, 0.1) is 38.1 Å². The van der Waals surface area contributed by atoms with Gasteiger partial charge in [0.15, 0.2) is 6.29 Å². The number of hydrogen-bond donors (Lipinski definition) is 0. The molecule has 162 valence electrons. The summed E-state index contributed by atoms with van der Waals surface area (Å²) in [6, 6.07) is 20.5. The highest BCUT2D eigenvalue weighted by Gasteiger charge is 2.48. The van der Waals surface area contributed by atoms with Crippen LogP contribution in [-0.2, 0) is 36.9 Å². The third-order valence-corrected chi connectivity index (χ3v) is 6.00. The molecule has 2 saturated heterocycles. The largest absolute Gasteiger partial charge is 0.374 e. The van der Waals surface area contributed by atoms with E-state index in [-0.39, 0.29) is 36.6 Å². The molecule has 2 aromatic rings. The summed E-state index contributed by atoms with van der Waals surface area (Å²) < 4.78 is 30.3. The Labute approximate surface area is 179 Å². The van der Waals surface area contributed by atoms with Crippen molar-refractivity contribution in [3.05, 3.63) is 71.8 Å². The van der Waals surface area contributed by atoms with Crippen LogP contribution in [0.15, 0.2) is 60.7 Å². The standard InChI is InChI=1S/C25H32O5/c1-18-23(28-16-20-11-7-4-8-12-20)24(30-25(18)26-2)22-14-13-21(29-22)17-27-15-19-9-5-3-6-10-19/h3-12,18,21-25H,13-17H2,1-2H3/t18-,21+,22-,23+,24+,25+/m0/s1. The lowest BCUT2D eigenvalue weighted by Crippen LogP contribution is -2.38. The average Bonchev–Trinajstić information content (AvgIpc) is 3.38. The van der Waals surface area contributed by atoms with E-state index in [1.807, 2.05) is 36.4 Å². The third-order valence-electron chi connectivity index (χ3n) is 6.00. The summed E-state index contributed by atoms with van der Waals surface area (Å²) in [5.74, 6) is 0.140. The highest BCUT2D eigenvalue weighted by atomic mass is 16.7. The molecule has 0 saturated carbocycles. The van der Waals surface area contributed by atoms with E-state index in [0.29, 0.717) is 19.8 Å². The maximum Gasteiger partial charge on any atom is 0.162 e. The molecule has 2 aliphatic rings. The summed E-state index contributed by atoms with van der Waals surface area (Å²) in [4.78, 5) is 0. The van der Waals surface area contributed by atoms with Crippen molar-refractivity contribution in [2.75, 3.05) is 13.7 Å². The lowest BCUT2D eigenvalue weighted by Gasteiger charge is -2.26. The van der Waals surface area contributed by atoms with E-state index >= 15 is 0 Å². The fourth-order valence-corrected chi connectivity index (χ4v) is 4.37. The molecule has 0 bridgehead atoms. The Kier molecular flexibility index (Phi) is 7.52. The van der Waals surface area contributed by atoms with Gasteiger partial charge in [0, 0.05) is 13.0 Å². The van der Waals surface area contributed by atoms with Crippen molar-refractivity contribution in [1.29, 1.82) is 0 Å². The average molecular weight is 413 g/mol. The molecule has 0 radical (unpaired) electrons. The molecule has 0 aromatic heterocycles. The van der Waals surface area contributed by atoms with Crippen molar-refractivity contribution in [3.8, 4) is 0 Å². The van der Waals surface area contributed by atoms with Crippen LogP contribution in [0.25, 0.3) is 0 Å². The van der Waals surface area contributed by atoms with Gasteiger partial charge in [0.2, 0.25) is 0 Å². The van der Waals surface area contributed by atoms with E-state index in [1.54, 1.807) is 7.11 Å². The first-order chi connectivity index (χ1) is 14.7. The van der Waals surface area contributed by atoms with Gasteiger partial charge < -0.3 is 23.7 Å². The van der Waals surface area contributed by atoms with Gasteiger partial charge in [0.25, 0.3) is 0 Å². The van der Waals surface area contributed by atoms with E-state index in [9.17, 15) is 0 Å². The Morgan fingerprint density at radius 1 is 0.867 bits per heavy atom. The van der Waals surface area contributed by atoms with Crippen molar-refractivity contribution < 1.29 is 23.7 Å². The summed E-state index contributed by atoms with van der Waals surface area (Å²) in [7, 11) is 1.69. The molecule has 2 fully saturated rings. The Bertz CT molecular complexity index is 753. The van der Waals surface area contributed by atoms with Crippen LogP contribution < -0.4 is 0 Å². The zero-order valence-corrected chi connectivity index (χ0v) is 17.8. The van der Waals surface area contributed by atoms with E-state index in [1.165, 1.54) is 5.56 Å². The maximum absolute atomic E-state index is 6.32. The number of hydrogen-bond acceptors (Lipinski definition) is 5. The molecular formula is C25H32O5. The molecule has 2 heterocycles. The topological polar surface area (TPSA) is 46.2 Å². The highest BCUT2D eigenvalue weighted by molar-refractivity contribution is 5.14. The Morgan fingerprint density at radius 3 is 2.20 bits per heavy atom. The molecule has 0 spiro atoms. The summed E-state index contributed by atoms with van der Waals surface area (Å²) >= 11 is 0. The first-order valence-corrected chi connectivity index (χ1v) is 10.9. The lowest BCUT2D eigenvalue weighted by atomic mass is 9.97. The van der Waals surface area contributed by atoms with Gasteiger partial charge in [-0.2, -0.15) is 0 Å². The van der Waals surface area contributed by atoms with E-state index < -0.39 is 0 Å². The Morgan fingerprint density at radius 2 is 1.53 bits per heavy atom. The molecule has 0 N–H and O–H groups in total. The fraction of sp³-hybridized carbons (Fsp3) is 0.520. The molecule has 0 unspecified atom stereocenters. The second-order valence-electron chi connectivity index (χ2n) is 8.20. The van der Waals surface area contributed by atoms with Crippen molar-refractivity contribution in [2.45, 2.75) is 63.7 Å². The van der Waals surface area contributed by atoms with Crippen LogP contribution in [0.5, 0.6) is 0 Å². The Hall–Kier alpha value is -1.76. The molecule has 0 amide bonds. The van der Waals surface area contributed by atoms with Crippen LogP contribution in [0.4, 0.5) is 0 Å². The van der Waals surface area contributed by atoms with Gasteiger partial charge in [-0.25, -0.2) is 0 Å². The molecule has 30 heavy (non-hydrogen) atoms. The monoisotopic (exact) mass is 412 g/mol. The molecule has 2 aromatic carbocycles. The quantitative estimate of drug-likeness (QED) is 0.613.